The Labute approximate surface area is 87.2 Å². The molecule has 2 aliphatic rings. The number of nitrogens with one attached hydrogen (secondary N) is 2. The van der Waals surface area contributed by atoms with Gasteiger partial charge in [-0.1, -0.05) is 0 Å². The zero-order valence-corrected chi connectivity index (χ0v) is 9.10. The average molecular weight is 197 g/mol. The minimum atomic E-state index is 0.744. The van der Waals surface area contributed by atoms with Gasteiger partial charge in [-0.05, 0) is 58.4 Å². The van der Waals surface area contributed by atoms with Crippen molar-refractivity contribution >= 4 is 0 Å². The van der Waals surface area contributed by atoms with E-state index in [4.69, 9.17) is 0 Å². The number of hydrogen-bond donors (Lipinski definition) is 2. The summed E-state index contributed by atoms with van der Waals surface area (Å²) in [7, 11) is 0. The summed E-state index contributed by atoms with van der Waals surface area (Å²) in [6, 6.07) is 0.744. The maximum Gasteiger partial charge on any atom is 0.0204 e. The van der Waals surface area contributed by atoms with Gasteiger partial charge >= 0.3 is 0 Å². The molecule has 2 rings (SSSR count). The van der Waals surface area contributed by atoms with Crippen LogP contribution in [0.2, 0.25) is 0 Å². The van der Waals surface area contributed by atoms with Crippen LogP contribution in [0.15, 0.2) is 0 Å². The lowest BCUT2D eigenvalue weighted by Gasteiger charge is -2.16. The quantitative estimate of drug-likeness (QED) is 0.626. The zero-order valence-electron chi connectivity index (χ0n) is 9.10. The zero-order chi connectivity index (χ0) is 9.64. The molecule has 0 aromatic rings. The fourth-order valence-electron chi connectivity index (χ4n) is 2.44. The van der Waals surface area contributed by atoms with Crippen molar-refractivity contribution in [2.75, 3.05) is 39.3 Å². The maximum absolute atomic E-state index is 3.62. The lowest BCUT2D eigenvalue weighted by atomic mass is 10.2. The van der Waals surface area contributed by atoms with Gasteiger partial charge < -0.3 is 15.5 Å². The highest BCUT2D eigenvalue weighted by Crippen LogP contribution is 2.07. The molecule has 0 aromatic heterocycles. The molecule has 82 valence electrons. The van der Waals surface area contributed by atoms with Gasteiger partial charge in [-0.15, -0.1) is 0 Å². The minimum absolute atomic E-state index is 0.744. The topological polar surface area (TPSA) is 27.3 Å². The Morgan fingerprint density at radius 1 is 1.29 bits per heavy atom. The first-order valence-corrected chi connectivity index (χ1v) is 6.11. The molecule has 2 saturated heterocycles. The fraction of sp³-hybridized carbons (Fsp3) is 1.00. The van der Waals surface area contributed by atoms with Gasteiger partial charge in [0.1, 0.15) is 0 Å². The maximum atomic E-state index is 3.62. The molecular weight excluding hydrogens is 174 g/mol. The first-order chi connectivity index (χ1) is 6.95. The summed E-state index contributed by atoms with van der Waals surface area (Å²) < 4.78 is 0. The molecular formula is C11H23N3. The summed E-state index contributed by atoms with van der Waals surface area (Å²) in [5.74, 6) is 0. The van der Waals surface area contributed by atoms with E-state index in [1.165, 1.54) is 65.0 Å². The lowest BCUT2D eigenvalue weighted by molar-refractivity contribution is 0.328. The standard InChI is InChI=1S/C11H23N3/c1-2-8-14(7-1)9-3-5-13-11-4-6-12-10-11/h11-13H,1-10H2. The predicted molar refractivity (Wildman–Crippen MR) is 59.6 cm³/mol. The molecule has 0 radical (unpaired) electrons. The Kier molecular flexibility index (Phi) is 4.22. The molecule has 2 N–H and O–H groups in total. The van der Waals surface area contributed by atoms with Crippen molar-refractivity contribution in [1.82, 2.24) is 15.5 Å². The van der Waals surface area contributed by atoms with Gasteiger partial charge in [-0.2, -0.15) is 0 Å². The molecule has 2 aliphatic heterocycles. The first-order valence-electron chi connectivity index (χ1n) is 6.11. The molecule has 2 heterocycles. The van der Waals surface area contributed by atoms with Crippen LogP contribution in [0.1, 0.15) is 25.7 Å². The third kappa shape index (κ3) is 3.23. The van der Waals surface area contributed by atoms with E-state index in [0.29, 0.717) is 0 Å². The molecule has 1 unspecified atom stereocenters. The van der Waals surface area contributed by atoms with Gasteiger partial charge in [0.15, 0.2) is 0 Å². The van der Waals surface area contributed by atoms with E-state index < -0.39 is 0 Å². The highest BCUT2D eigenvalue weighted by Gasteiger charge is 2.13. The Morgan fingerprint density at radius 3 is 2.86 bits per heavy atom. The second kappa shape index (κ2) is 5.69. The average Bonchev–Trinajstić information content (AvgIpc) is 2.86. The van der Waals surface area contributed by atoms with Crippen molar-refractivity contribution < 1.29 is 0 Å². The summed E-state index contributed by atoms with van der Waals surface area (Å²) in [5.41, 5.74) is 0. The summed E-state index contributed by atoms with van der Waals surface area (Å²) >= 11 is 0. The molecule has 0 aliphatic carbocycles. The fourth-order valence-corrected chi connectivity index (χ4v) is 2.44. The van der Waals surface area contributed by atoms with Crippen molar-refractivity contribution in [3.63, 3.8) is 0 Å². The van der Waals surface area contributed by atoms with Crippen LogP contribution in [0.25, 0.3) is 0 Å². The molecule has 0 spiro atoms. The second-order valence-corrected chi connectivity index (χ2v) is 4.55. The van der Waals surface area contributed by atoms with Gasteiger partial charge in [0, 0.05) is 12.6 Å². The SMILES string of the molecule is C1CCN(CCCNC2CCNC2)C1. The largest absolute Gasteiger partial charge is 0.315 e. The van der Waals surface area contributed by atoms with Crippen LogP contribution < -0.4 is 10.6 Å². The van der Waals surface area contributed by atoms with Crippen LogP contribution >= 0.6 is 0 Å². The van der Waals surface area contributed by atoms with E-state index in [0.717, 1.165) is 6.04 Å². The number of nitrogens with zero attached hydrogens (tertiary/aromatic N) is 1. The van der Waals surface area contributed by atoms with Gasteiger partial charge in [0.25, 0.3) is 0 Å². The molecule has 0 saturated carbocycles. The van der Waals surface area contributed by atoms with Gasteiger partial charge in [-0.3, -0.25) is 0 Å². The highest BCUT2D eigenvalue weighted by atomic mass is 15.1. The first kappa shape index (κ1) is 10.4. The van der Waals surface area contributed by atoms with Crippen LogP contribution in [0, 0.1) is 0 Å². The van der Waals surface area contributed by atoms with E-state index in [2.05, 4.69) is 15.5 Å². The Hall–Kier alpha value is -0.120. The van der Waals surface area contributed by atoms with E-state index in [1.54, 1.807) is 0 Å². The Balaban J connectivity index is 1.46. The van der Waals surface area contributed by atoms with E-state index in [9.17, 15) is 0 Å². The smallest absolute Gasteiger partial charge is 0.0204 e. The molecule has 3 heteroatoms. The third-order valence-electron chi connectivity index (χ3n) is 3.34. The third-order valence-corrected chi connectivity index (χ3v) is 3.34. The summed E-state index contributed by atoms with van der Waals surface area (Å²) in [6.45, 7) is 7.54. The monoisotopic (exact) mass is 197 g/mol. The second-order valence-electron chi connectivity index (χ2n) is 4.55. The van der Waals surface area contributed by atoms with Crippen molar-refractivity contribution in [3.05, 3.63) is 0 Å². The molecule has 1 atom stereocenters. The van der Waals surface area contributed by atoms with E-state index in [1.807, 2.05) is 0 Å². The summed E-state index contributed by atoms with van der Waals surface area (Å²) in [6.07, 6.45) is 5.46. The molecule has 2 fully saturated rings. The lowest BCUT2D eigenvalue weighted by Crippen LogP contribution is -2.33. The van der Waals surface area contributed by atoms with E-state index >= 15 is 0 Å². The van der Waals surface area contributed by atoms with E-state index in [-0.39, 0.29) is 0 Å². The molecule has 0 amide bonds. The Morgan fingerprint density at radius 2 is 2.14 bits per heavy atom. The van der Waals surface area contributed by atoms with Crippen LogP contribution in [0.3, 0.4) is 0 Å². The van der Waals surface area contributed by atoms with Crippen molar-refractivity contribution in [2.24, 2.45) is 0 Å². The van der Waals surface area contributed by atoms with Crippen LogP contribution in [0.5, 0.6) is 0 Å². The van der Waals surface area contributed by atoms with Gasteiger partial charge in [0.2, 0.25) is 0 Å². The Bertz CT molecular complexity index is 131. The van der Waals surface area contributed by atoms with Gasteiger partial charge in [-0.25, -0.2) is 0 Å². The van der Waals surface area contributed by atoms with Crippen molar-refractivity contribution in [2.45, 2.75) is 31.7 Å². The van der Waals surface area contributed by atoms with Gasteiger partial charge in [0.05, 0.1) is 0 Å². The normalized spacial score (nSPS) is 28.7. The van der Waals surface area contributed by atoms with Crippen molar-refractivity contribution in [3.8, 4) is 0 Å². The number of likely N-dealkylation sites (tertiary alicyclic amines) is 1. The molecule has 0 aromatic carbocycles. The molecule has 0 bridgehead atoms. The van der Waals surface area contributed by atoms with Crippen molar-refractivity contribution in [1.29, 1.82) is 0 Å². The molecule has 3 nitrogen and oxygen atoms in total. The van der Waals surface area contributed by atoms with Crippen LogP contribution in [-0.2, 0) is 0 Å². The highest BCUT2D eigenvalue weighted by molar-refractivity contribution is 4.77. The number of rotatable bonds is 5. The predicted octanol–water partition coefficient (Wildman–Crippen LogP) is 0.424. The van der Waals surface area contributed by atoms with Crippen LogP contribution in [-0.4, -0.2) is 50.2 Å². The minimum Gasteiger partial charge on any atom is -0.315 e. The van der Waals surface area contributed by atoms with Crippen LogP contribution in [0.4, 0.5) is 0 Å². The number of hydrogen-bond acceptors (Lipinski definition) is 3. The summed E-state index contributed by atoms with van der Waals surface area (Å²) in [4.78, 5) is 2.59. The molecule has 14 heavy (non-hydrogen) atoms. The summed E-state index contributed by atoms with van der Waals surface area (Å²) in [5, 5.41) is 7.00.